The van der Waals surface area contributed by atoms with Crippen LogP contribution >= 0.6 is 0 Å². The van der Waals surface area contributed by atoms with Gasteiger partial charge in [0.1, 0.15) is 6.10 Å². The molecule has 0 amide bonds. The van der Waals surface area contributed by atoms with Gasteiger partial charge in [0, 0.05) is 0 Å². The number of carbonyl (C=O) groups is 1. The number of aliphatic hydroxyl groups is 1. The third-order valence-corrected chi connectivity index (χ3v) is 1.59. The van der Waals surface area contributed by atoms with Crippen LogP contribution in [0.25, 0.3) is 0 Å². The second kappa shape index (κ2) is 3.85. The van der Waals surface area contributed by atoms with Crippen molar-refractivity contribution >= 4 is 5.97 Å². The van der Waals surface area contributed by atoms with Crippen molar-refractivity contribution in [1.29, 1.82) is 0 Å². The average Bonchev–Trinajstić information content (AvgIpc) is 1.98. The molecule has 12 heavy (non-hydrogen) atoms. The maximum atomic E-state index is 13.0. The van der Waals surface area contributed by atoms with E-state index in [1.165, 1.54) is 0 Å². The van der Waals surface area contributed by atoms with Crippen molar-refractivity contribution in [1.82, 2.24) is 0 Å². The van der Waals surface area contributed by atoms with Crippen LogP contribution in [-0.2, 0) is 9.53 Å². The molecule has 0 aliphatic heterocycles. The molecule has 3 nitrogen and oxygen atoms in total. The number of alkyl halides is 1. The molecule has 0 saturated carbocycles. The summed E-state index contributed by atoms with van der Waals surface area (Å²) < 4.78 is 17.1. The van der Waals surface area contributed by atoms with E-state index in [4.69, 9.17) is 0 Å². The van der Waals surface area contributed by atoms with Crippen molar-refractivity contribution in [2.24, 2.45) is 5.41 Å². The number of ether oxygens (including phenoxy) is 1. The van der Waals surface area contributed by atoms with Gasteiger partial charge in [0.15, 0.2) is 0 Å². The van der Waals surface area contributed by atoms with Gasteiger partial charge in [-0.2, -0.15) is 0 Å². The fourth-order valence-electron chi connectivity index (χ4n) is 0.680. The third kappa shape index (κ3) is 2.77. The van der Waals surface area contributed by atoms with E-state index in [0.29, 0.717) is 0 Å². The largest absolute Gasteiger partial charge is 0.467 e. The molecule has 0 rings (SSSR count). The lowest BCUT2D eigenvalue weighted by Gasteiger charge is -2.26. The summed E-state index contributed by atoms with van der Waals surface area (Å²) in [4.78, 5) is 10.6. The molecular weight excluding hydrogens is 163 g/mol. The van der Waals surface area contributed by atoms with Crippen LogP contribution in [0.15, 0.2) is 0 Å². The van der Waals surface area contributed by atoms with Crippen molar-refractivity contribution < 1.29 is 19.0 Å². The molecule has 72 valence electrons. The fraction of sp³-hybridized carbons (Fsp3) is 0.875. The van der Waals surface area contributed by atoms with Crippen LogP contribution in [0.2, 0.25) is 0 Å². The molecule has 2 unspecified atom stereocenters. The molecule has 0 aromatic carbocycles. The first-order chi connectivity index (χ1) is 5.30. The molecule has 1 N–H and O–H groups in total. The predicted molar refractivity (Wildman–Crippen MR) is 42.4 cm³/mol. The summed E-state index contributed by atoms with van der Waals surface area (Å²) in [5.41, 5.74) is -0.659. The minimum Gasteiger partial charge on any atom is -0.467 e. The van der Waals surface area contributed by atoms with Gasteiger partial charge in [0.05, 0.1) is 7.11 Å². The van der Waals surface area contributed by atoms with E-state index in [-0.39, 0.29) is 0 Å². The SMILES string of the molecule is COC(=O)C(F)C(O)C(C)(C)C. The summed E-state index contributed by atoms with van der Waals surface area (Å²) >= 11 is 0. The highest BCUT2D eigenvalue weighted by Crippen LogP contribution is 2.23. The van der Waals surface area contributed by atoms with E-state index in [1.807, 2.05) is 0 Å². The van der Waals surface area contributed by atoms with Crippen LogP contribution in [0.4, 0.5) is 4.39 Å². The lowest BCUT2D eigenvalue weighted by molar-refractivity contribution is -0.154. The molecule has 0 aliphatic rings. The van der Waals surface area contributed by atoms with Gasteiger partial charge in [-0.1, -0.05) is 20.8 Å². The monoisotopic (exact) mass is 178 g/mol. The maximum Gasteiger partial charge on any atom is 0.343 e. The van der Waals surface area contributed by atoms with E-state index in [0.717, 1.165) is 7.11 Å². The van der Waals surface area contributed by atoms with Crippen LogP contribution in [0.1, 0.15) is 20.8 Å². The van der Waals surface area contributed by atoms with Crippen LogP contribution < -0.4 is 0 Å². The molecule has 0 aromatic heterocycles. The normalized spacial score (nSPS) is 16.8. The Bertz CT molecular complexity index is 162. The highest BCUT2D eigenvalue weighted by molar-refractivity contribution is 5.75. The summed E-state index contributed by atoms with van der Waals surface area (Å²) in [5.74, 6) is -1.03. The number of aliphatic hydroxyl groups excluding tert-OH is 1. The Morgan fingerprint density at radius 1 is 1.50 bits per heavy atom. The summed E-state index contributed by atoms with van der Waals surface area (Å²) in [5, 5.41) is 9.28. The molecular formula is C8H15FO3. The molecule has 4 heteroatoms. The van der Waals surface area contributed by atoms with Gasteiger partial charge in [-0.3, -0.25) is 0 Å². The zero-order valence-electron chi connectivity index (χ0n) is 7.80. The van der Waals surface area contributed by atoms with Gasteiger partial charge in [-0.25, -0.2) is 9.18 Å². The standard InChI is InChI=1S/C8H15FO3/c1-8(2,3)6(10)5(9)7(11)12-4/h5-6,10H,1-4H3. The van der Waals surface area contributed by atoms with Crippen molar-refractivity contribution in [2.45, 2.75) is 33.0 Å². The molecule has 0 radical (unpaired) electrons. The van der Waals surface area contributed by atoms with Crippen LogP contribution in [0.5, 0.6) is 0 Å². The number of methoxy groups -OCH3 is 1. The van der Waals surface area contributed by atoms with E-state index >= 15 is 0 Å². The first kappa shape index (κ1) is 11.4. The van der Waals surface area contributed by atoms with Crippen molar-refractivity contribution in [3.63, 3.8) is 0 Å². The summed E-state index contributed by atoms with van der Waals surface area (Å²) in [6.07, 6.45) is -3.29. The Balaban J connectivity index is 4.29. The van der Waals surface area contributed by atoms with Gasteiger partial charge in [0.2, 0.25) is 6.17 Å². The second-order valence-corrected chi connectivity index (χ2v) is 3.74. The molecule has 0 aliphatic carbocycles. The van der Waals surface area contributed by atoms with Crippen molar-refractivity contribution in [3.8, 4) is 0 Å². The fourth-order valence-corrected chi connectivity index (χ4v) is 0.680. The van der Waals surface area contributed by atoms with E-state index in [2.05, 4.69) is 4.74 Å². The Morgan fingerprint density at radius 3 is 2.17 bits per heavy atom. The van der Waals surface area contributed by atoms with Gasteiger partial charge in [0.25, 0.3) is 0 Å². The predicted octanol–water partition coefficient (Wildman–Crippen LogP) is 0.904. The topological polar surface area (TPSA) is 46.5 Å². The summed E-state index contributed by atoms with van der Waals surface area (Å²) in [7, 11) is 1.09. The smallest absolute Gasteiger partial charge is 0.343 e. The van der Waals surface area contributed by atoms with Gasteiger partial charge in [-0.05, 0) is 5.41 Å². The zero-order chi connectivity index (χ0) is 9.94. The van der Waals surface area contributed by atoms with E-state index in [9.17, 15) is 14.3 Å². The number of hydrogen-bond donors (Lipinski definition) is 1. The molecule has 0 fully saturated rings. The Labute approximate surface area is 71.5 Å². The molecule has 2 atom stereocenters. The van der Waals surface area contributed by atoms with Crippen molar-refractivity contribution in [2.75, 3.05) is 7.11 Å². The lowest BCUT2D eigenvalue weighted by Crippen LogP contribution is -2.40. The molecule has 0 bridgehead atoms. The average molecular weight is 178 g/mol. The summed E-state index contributed by atoms with van der Waals surface area (Å²) in [6.45, 7) is 4.94. The van der Waals surface area contributed by atoms with Gasteiger partial charge in [-0.15, -0.1) is 0 Å². The number of carbonyl (C=O) groups excluding carboxylic acids is 1. The van der Waals surface area contributed by atoms with Gasteiger partial charge < -0.3 is 9.84 Å². The quantitative estimate of drug-likeness (QED) is 0.639. The number of halogens is 1. The number of hydrogen-bond acceptors (Lipinski definition) is 3. The molecule has 0 aromatic rings. The molecule has 0 spiro atoms. The first-order valence-electron chi connectivity index (χ1n) is 3.70. The maximum absolute atomic E-state index is 13.0. The van der Waals surface area contributed by atoms with E-state index < -0.39 is 23.7 Å². The summed E-state index contributed by atoms with van der Waals surface area (Å²) in [6, 6.07) is 0. The van der Waals surface area contributed by atoms with Crippen LogP contribution in [0, 0.1) is 5.41 Å². The van der Waals surface area contributed by atoms with E-state index in [1.54, 1.807) is 20.8 Å². The number of rotatable bonds is 2. The third-order valence-electron chi connectivity index (χ3n) is 1.59. The molecule has 0 heterocycles. The Hall–Kier alpha value is -0.640. The Kier molecular flexibility index (Phi) is 3.64. The second-order valence-electron chi connectivity index (χ2n) is 3.74. The first-order valence-corrected chi connectivity index (χ1v) is 3.70. The Morgan fingerprint density at radius 2 is 1.92 bits per heavy atom. The molecule has 0 saturated heterocycles. The highest BCUT2D eigenvalue weighted by Gasteiger charge is 2.35. The van der Waals surface area contributed by atoms with Crippen molar-refractivity contribution in [3.05, 3.63) is 0 Å². The van der Waals surface area contributed by atoms with Gasteiger partial charge >= 0.3 is 5.97 Å². The zero-order valence-corrected chi connectivity index (χ0v) is 7.80. The lowest BCUT2D eigenvalue weighted by atomic mass is 9.86. The van der Waals surface area contributed by atoms with Crippen LogP contribution in [-0.4, -0.2) is 30.5 Å². The van der Waals surface area contributed by atoms with Crippen LogP contribution in [0.3, 0.4) is 0 Å². The number of esters is 1. The minimum absolute atomic E-state index is 0.659. The minimum atomic E-state index is -1.96. The highest BCUT2D eigenvalue weighted by atomic mass is 19.1.